The second-order valence-corrected chi connectivity index (χ2v) is 5.24. The zero-order valence-corrected chi connectivity index (χ0v) is 11.6. The van der Waals surface area contributed by atoms with Crippen molar-refractivity contribution < 1.29 is 14.6 Å². The monoisotopic (exact) mass is 283 g/mol. The predicted octanol–water partition coefficient (Wildman–Crippen LogP) is 2.38. The zero-order valence-electron chi connectivity index (χ0n) is 10.9. The summed E-state index contributed by atoms with van der Waals surface area (Å²) in [4.78, 5) is 12.1. The smallest absolute Gasteiger partial charge is 0.251 e. The molecule has 0 heterocycles. The van der Waals surface area contributed by atoms with E-state index in [0.717, 1.165) is 25.7 Å². The molecule has 1 aromatic carbocycles. The lowest BCUT2D eigenvalue weighted by atomic mass is 9.93. The number of ether oxygens (including phenoxy) is 1. The van der Waals surface area contributed by atoms with Gasteiger partial charge in [-0.05, 0) is 43.9 Å². The fourth-order valence-corrected chi connectivity index (χ4v) is 2.48. The first-order chi connectivity index (χ1) is 9.10. The number of methoxy groups -OCH3 is 1. The van der Waals surface area contributed by atoms with Gasteiger partial charge in [0.15, 0.2) is 0 Å². The van der Waals surface area contributed by atoms with Crippen LogP contribution in [-0.2, 0) is 0 Å². The molecule has 1 aromatic rings. The van der Waals surface area contributed by atoms with Gasteiger partial charge >= 0.3 is 0 Å². The second kappa shape index (κ2) is 6.26. The summed E-state index contributed by atoms with van der Waals surface area (Å²) in [6, 6.07) is 5.10. The average molecular weight is 284 g/mol. The van der Waals surface area contributed by atoms with Crippen molar-refractivity contribution in [2.75, 3.05) is 7.11 Å². The molecule has 4 nitrogen and oxygen atoms in total. The Morgan fingerprint density at radius 3 is 2.68 bits per heavy atom. The van der Waals surface area contributed by atoms with Crippen molar-refractivity contribution in [2.45, 2.75) is 37.8 Å². The van der Waals surface area contributed by atoms with Crippen LogP contribution in [0.5, 0.6) is 5.75 Å². The summed E-state index contributed by atoms with van der Waals surface area (Å²) >= 11 is 5.92. The van der Waals surface area contributed by atoms with E-state index in [9.17, 15) is 9.90 Å². The highest BCUT2D eigenvalue weighted by molar-refractivity contribution is 6.32. The maximum absolute atomic E-state index is 12.1. The van der Waals surface area contributed by atoms with E-state index < -0.39 is 0 Å². The van der Waals surface area contributed by atoms with E-state index in [-0.39, 0.29) is 18.1 Å². The first-order valence-electron chi connectivity index (χ1n) is 6.42. The van der Waals surface area contributed by atoms with Crippen LogP contribution < -0.4 is 10.1 Å². The van der Waals surface area contributed by atoms with E-state index in [2.05, 4.69) is 5.32 Å². The van der Waals surface area contributed by atoms with Crippen molar-refractivity contribution >= 4 is 17.5 Å². The third-order valence-corrected chi connectivity index (χ3v) is 3.76. The van der Waals surface area contributed by atoms with Crippen LogP contribution in [0.15, 0.2) is 18.2 Å². The van der Waals surface area contributed by atoms with E-state index >= 15 is 0 Å². The minimum atomic E-state index is -0.219. The van der Waals surface area contributed by atoms with Gasteiger partial charge in [0, 0.05) is 11.6 Å². The Balaban J connectivity index is 2.00. The molecule has 1 fully saturated rings. The van der Waals surface area contributed by atoms with Crippen molar-refractivity contribution in [3.05, 3.63) is 28.8 Å². The molecule has 0 aromatic heterocycles. The van der Waals surface area contributed by atoms with Gasteiger partial charge in [0.25, 0.3) is 5.91 Å². The quantitative estimate of drug-likeness (QED) is 0.895. The maximum atomic E-state index is 12.1. The Hall–Kier alpha value is -1.26. The molecule has 0 atom stereocenters. The maximum Gasteiger partial charge on any atom is 0.251 e. The van der Waals surface area contributed by atoms with Gasteiger partial charge in [-0.1, -0.05) is 11.6 Å². The molecule has 19 heavy (non-hydrogen) atoms. The number of amides is 1. The van der Waals surface area contributed by atoms with Crippen LogP contribution in [0.2, 0.25) is 5.02 Å². The number of hydrogen-bond acceptors (Lipinski definition) is 3. The first-order valence-corrected chi connectivity index (χ1v) is 6.80. The SMILES string of the molecule is COc1cc(C(=O)NC2CCC(O)CC2)ccc1Cl. The number of nitrogens with one attached hydrogen (secondary N) is 1. The second-order valence-electron chi connectivity index (χ2n) is 4.83. The molecule has 104 valence electrons. The first kappa shape index (κ1) is 14.2. The topological polar surface area (TPSA) is 58.6 Å². The molecule has 0 radical (unpaired) electrons. The van der Waals surface area contributed by atoms with E-state index in [1.807, 2.05) is 0 Å². The third kappa shape index (κ3) is 3.61. The van der Waals surface area contributed by atoms with Crippen LogP contribution in [-0.4, -0.2) is 30.3 Å². The molecule has 0 spiro atoms. The Labute approximate surface area is 117 Å². The number of rotatable bonds is 3. The van der Waals surface area contributed by atoms with Crippen LogP contribution in [0.3, 0.4) is 0 Å². The minimum Gasteiger partial charge on any atom is -0.495 e. The van der Waals surface area contributed by atoms with Crippen LogP contribution in [0.4, 0.5) is 0 Å². The molecule has 5 heteroatoms. The summed E-state index contributed by atoms with van der Waals surface area (Å²) in [6.45, 7) is 0. The van der Waals surface area contributed by atoms with Gasteiger partial charge in [-0.3, -0.25) is 4.79 Å². The number of halogens is 1. The lowest BCUT2D eigenvalue weighted by Crippen LogP contribution is -2.38. The molecular formula is C14H18ClNO3. The summed E-state index contributed by atoms with van der Waals surface area (Å²) in [5.74, 6) is 0.365. The number of aliphatic hydroxyl groups excluding tert-OH is 1. The van der Waals surface area contributed by atoms with Gasteiger partial charge in [-0.2, -0.15) is 0 Å². The lowest BCUT2D eigenvalue weighted by molar-refractivity contribution is 0.0867. The standard InChI is InChI=1S/C14H18ClNO3/c1-19-13-8-9(2-7-12(13)15)14(18)16-10-3-5-11(17)6-4-10/h2,7-8,10-11,17H,3-6H2,1H3,(H,16,18). The van der Waals surface area contributed by atoms with E-state index in [4.69, 9.17) is 16.3 Å². The Kier molecular flexibility index (Phi) is 4.66. The van der Waals surface area contributed by atoms with Crippen LogP contribution >= 0.6 is 11.6 Å². The number of carbonyl (C=O) groups excluding carboxylic acids is 1. The summed E-state index contributed by atoms with van der Waals surface area (Å²) < 4.78 is 5.09. The average Bonchev–Trinajstić information content (AvgIpc) is 2.42. The Morgan fingerprint density at radius 1 is 1.37 bits per heavy atom. The number of carbonyl (C=O) groups is 1. The molecule has 1 saturated carbocycles. The lowest BCUT2D eigenvalue weighted by Gasteiger charge is -2.26. The van der Waals surface area contributed by atoms with Gasteiger partial charge in [0.2, 0.25) is 0 Å². The van der Waals surface area contributed by atoms with Crippen molar-refractivity contribution in [2.24, 2.45) is 0 Å². The molecule has 1 aliphatic carbocycles. The van der Waals surface area contributed by atoms with Gasteiger partial charge in [-0.25, -0.2) is 0 Å². The van der Waals surface area contributed by atoms with E-state index in [1.165, 1.54) is 7.11 Å². The van der Waals surface area contributed by atoms with Crippen LogP contribution in [0.25, 0.3) is 0 Å². The fraction of sp³-hybridized carbons (Fsp3) is 0.500. The molecule has 0 bridgehead atoms. The van der Waals surface area contributed by atoms with Gasteiger partial charge in [0.05, 0.1) is 18.2 Å². The molecule has 1 aliphatic rings. The summed E-state index contributed by atoms with van der Waals surface area (Å²) in [6.07, 6.45) is 2.91. The number of hydrogen-bond donors (Lipinski definition) is 2. The molecule has 2 rings (SSSR count). The van der Waals surface area contributed by atoms with Gasteiger partial charge < -0.3 is 15.2 Å². The molecule has 2 N–H and O–H groups in total. The minimum absolute atomic E-state index is 0.128. The van der Waals surface area contributed by atoms with E-state index in [1.54, 1.807) is 18.2 Å². The van der Waals surface area contributed by atoms with Crippen molar-refractivity contribution in [1.82, 2.24) is 5.32 Å². The predicted molar refractivity (Wildman–Crippen MR) is 73.7 cm³/mol. The summed E-state index contributed by atoms with van der Waals surface area (Å²) in [5.41, 5.74) is 0.535. The number of benzene rings is 1. The molecular weight excluding hydrogens is 266 g/mol. The molecule has 1 amide bonds. The highest BCUT2D eigenvalue weighted by atomic mass is 35.5. The molecule has 0 saturated heterocycles. The third-order valence-electron chi connectivity index (χ3n) is 3.45. The van der Waals surface area contributed by atoms with E-state index in [0.29, 0.717) is 16.3 Å². The van der Waals surface area contributed by atoms with Gasteiger partial charge in [0.1, 0.15) is 5.75 Å². The highest BCUT2D eigenvalue weighted by Crippen LogP contribution is 2.25. The Morgan fingerprint density at radius 2 is 2.05 bits per heavy atom. The number of aliphatic hydroxyl groups is 1. The van der Waals surface area contributed by atoms with Gasteiger partial charge in [-0.15, -0.1) is 0 Å². The summed E-state index contributed by atoms with van der Waals surface area (Å²) in [7, 11) is 1.52. The van der Waals surface area contributed by atoms with Crippen LogP contribution in [0, 0.1) is 0 Å². The normalized spacial score (nSPS) is 22.9. The molecule has 0 aliphatic heterocycles. The summed E-state index contributed by atoms with van der Waals surface area (Å²) in [5, 5.41) is 12.9. The van der Waals surface area contributed by atoms with Crippen molar-refractivity contribution in [3.8, 4) is 5.75 Å². The van der Waals surface area contributed by atoms with Crippen LogP contribution in [0.1, 0.15) is 36.0 Å². The zero-order chi connectivity index (χ0) is 13.8. The highest BCUT2D eigenvalue weighted by Gasteiger charge is 2.21. The fourth-order valence-electron chi connectivity index (χ4n) is 2.29. The molecule has 0 unspecified atom stereocenters. The largest absolute Gasteiger partial charge is 0.495 e. The van der Waals surface area contributed by atoms with Crippen molar-refractivity contribution in [3.63, 3.8) is 0 Å². The van der Waals surface area contributed by atoms with Crippen molar-refractivity contribution in [1.29, 1.82) is 0 Å². The Bertz CT molecular complexity index is 456.